The number of ether oxygens (including phenoxy) is 2. The van der Waals surface area contributed by atoms with Gasteiger partial charge in [-0.2, -0.15) is 0 Å². The van der Waals surface area contributed by atoms with E-state index in [0.29, 0.717) is 25.7 Å². The van der Waals surface area contributed by atoms with Crippen LogP contribution in [0.5, 0.6) is 0 Å². The minimum atomic E-state index is -4.74. The Morgan fingerprint density at radius 1 is 0.556 bits per heavy atom. The predicted octanol–water partition coefficient (Wildman–Crippen LogP) is 8.67. The monoisotopic (exact) mass is 796 g/mol. The molecule has 5 unspecified atom stereocenters. The van der Waals surface area contributed by atoms with Crippen LogP contribution >= 0.6 is 7.82 Å². The second-order valence-electron chi connectivity index (χ2n) is 14.8. The van der Waals surface area contributed by atoms with Crippen molar-refractivity contribution in [3.63, 3.8) is 0 Å². The lowest BCUT2D eigenvalue weighted by atomic mass is 10.00. The summed E-state index contributed by atoms with van der Waals surface area (Å²) in [6.45, 7) is 2.61. The zero-order chi connectivity index (χ0) is 40.3. The van der Waals surface area contributed by atoms with Gasteiger partial charge in [0, 0.05) is 12.8 Å². The van der Waals surface area contributed by atoms with E-state index in [9.17, 15) is 34.1 Å². The second-order valence-corrected chi connectivity index (χ2v) is 16.2. The second kappa shape index (κ2) is 35.8. The number of hydrogen-bond acceptors (Lipinski definition) is 11. The number of aliphatic hydroxyl groups is 2. The van der Waals surface area contributed by atoms with E-state index in [-0.39, 0.29) is 19.4 Å². The van der Waals surface area contributed by atoms with Gasteiger partial charge in [0.1, 0.15) is 12.6 Å². The number of phosphoric acid groups is 1. The number of aliphatic hydroxyl groups excluding tert-OH is 2. The molecule has 0 aromatic heterocycles. The van der Waals surface area contributed by atoms with Crippen molar-refractivity contribution in [3.05, 3.63) is 0 Å². The Bertz CT molecular complexity index is 971. The molecule has 54 heavy (non-hydrogen) atoms. The summed E-state index contributed by atoms with van der Waals surface area (Å²) >= 11 is 0. The highest BCUT2D eigenvalue weighted by Crippen LogP contribution is 2.43. The SMILES string of the molecule is CCCCCCCCCCCCCCCC(=O)OCC(COP(=O)(O)OCC(N)C(=O)O)OC(=O)CCCCCCCCCC(O)C(O)CCCCCC. The third-order valence-corrected chi connectivity index (χ3v) is 10.5. The number of carbonyl (C=O) groups excluding carboxylic acids is 2. The number of rotatable bonds is 40. The summed E-state index contributed by atoms with van der Waals surface area (Å²) in [6, 6.07) is -1.54. The molecule has 0 saturated carbocycles. The minimum Gasteiger partial charge on any atom is -0.480 e. The molecule has 0 spiro atoms. The molecule has 0 aliphatic rings. The maximum Gasteiger partial charge on any atom is 0.472 e. The number of hydrogen-bond donors (Lipinski definition) is 5. The summed E-state index contributed by atoms with van der Waals surface area (Å²) in [6.07, 6.45) is 24.8. The molecule has 0 amide bonds. The number of carbonyl (C=O) groups is 3. The lowest BCUT2D eigenvalue weighted by Crippen LogP contribution is -2.34. The van der Waals surface area contributed by atoms with E-state index in [2.05, 4.69) is 18.4 Å². The van der Waals surface area contributed by atoms with Crippen LogP contribution in [0.4, 0.5) is 0 Å². The number of nitrogens with two attached hydrogens (primary N) is 1. The molecule has 13 nitrogen and oxygen atoms in total. The molecule has 0 heterocycles. The van der Waals surface area contributed by atoms with Crippen LogP contribution in [-0.4, -0.2) is 82.3 Å². The summed E-state index contributed by atoms with van der Waals surface area (Å²) in [5, 5.41) is 29.2. The molecule has 0 bridgehead atoms. The van der Waals surface area contributed by atoms with Crippen molar-refractivity contribution in [2.45, 2.75) is 218 Å². The fourth-order valence-corrected chi connectivity index (χ4v) is 6.82. The molecule has 0 fully saturated rings. The molecule has 0 aromatic carbocycles. The number of carboxylic acid groups (broad SMARTS) is 1. The smallest absolute Gasteiger partial charge is 0.472 e. The average Bonchev–Trinajstić information content (AvgIpc) is 3.14. The van der Waals surface area contributed by atoms with E-state index in [1.165, 1.54) is 57.8 Å². The molecule has 0 aromatic rings. The first kappa shape index (κ1) is 52.4. The van der Waals surface area contributed by atoms with Crippen LogP contribution in [-0.2, 0) is 37.5 Å². The maximum atomic E-state index is 12.6. The first-order valence-electron chi connectivity index (χ1n) is 21.2. The standard InChI is InChI=1S/C40H78NO12P/c1-3-5-7-9-10-11-12-13-14-15-18-21-25-29-38(44)50-31-34(32-51-54(48,49)52-33-35(41)40(46)47)53-39(45)30-26-22-19-16-17-20-24-28-37(43)36(42)27-23-8-6-4-2/h34-37,42-43H,3-33,41H2,1-2H3,(H,46,47)(H,48,49). The van der Waals surface area contributed by atoms with E-state index in [1.807, 2.05) is 0 Å². The highest BCUT2D eigenvalue weighted by Gasteiger charge is 2.28. The molecular weight excluding hydrogens is 717 g/mol. The zero-order valence-electron chi connectivity index (χ0n) is 33.8. The summed E-state index contributed by atoms with van der Waals surface area (Å²) in [7, 11) is -4.74. The molecule has 0 saturated heterocycles. The van der Waals surface area contributed by atoms with Gasteiger partial charge in [-0.1, -0.05) is 155 Å². The third kappa shape index (κ3) is 33.7. The Morgan fingerprint density at radius 2 is 0.926 bits per heavy atom. The van der Waals surface area contributed by atoms with Crippen molar-refractivity contribution >= 4 is 25.7 Å². The number of unbranched alkanes of at least 4 members (excludes halogenated alkanes) is 21. The topological polar surface area (TPSA) is 212 Å². The maximum absolute atomic E-state index is 12.6. The van der Waals surface area contributed by atoms with Gasteiger partial charge in [-0.25, -0.2) is 4.57 Å². The van der Waals surface area contributed by atoms with Gasteiger partial charge in [-0.05, 0) is 25.7 Å². The van der Waals surface area contributed by atoms with Crippen molar-refractivity contribution in [2.75, 3.05) is 19.8 Å². The van der Waals surface area contributed by atoms with Gasteiger partial charge in [-0.15, -0.1) is 0 Å². The van der Waals surface area contributed by atoms with E-state index < -0.39 is 63.3 Å². The quantitative estimate of drug-likeness (QED) is 0.0223. The van der Waals surface area contributed by atoms with E-state index in [1.54, 1.807) is 0 Å². The van der Waals surface area contributed by atoms with Gasteiger partial charge in [0.2, 0.25) is 0 Å². The number of esters is 2. The molecule has 320 valence electrons. The van der Waals surface area contributed by atoms with Crippen molar-refractivity contribution in [3.8, 4) is 0 Å². The van der Waals surface area contributed by atoms with Crippen molar-refractivity contribution in [2.24, 2.45) is 5.73 Å². The van der Waals surface area contributed by atoms with Crippen LogP contribution in [0.3, 0.4) is 0 Å². The highest BCUT2D eigenvalue weighted by atomic mass is 31.2. The number of aliphatic carboxylic acids is 1. The zero-order valence-corrected chi connectivity index (χ0v) is 34.7. The van der Waals surface area contributed by atoms with Crippen molar-refractivity contribution < 1.29 is 57.7 Å². The summed E-state index contributed by atoms with van der Waals surface area (Å²) in [5.41, 5.74) is 5.32. The number of phosphoric ester groups is 1. The highest BCUT2D eigenvalue weighted by molar-refractivity contribution is 7.47. The third-order valence-electron chi connectivity index (χ3n) is 9.55. The van der Waals surface area contributed by atoms with E-state index in [0.717, 1.165) is 83.5 Å². The lowest BCUT2D eigenvalue weighted by molar-refractivity contribution is -0.161. The fourth-order valence-electron chi connectivity index (χ4n) is 6.04. The molecular formula is C40H78NO12P. The lowest BCUT2D eigenvalue weighted by Gasteiger charge is -2.20. The van der Waals surface area contributed by atoms with Crippen LogP contribution < -0.4 is 5.73 Å². The van der Waals surface area contributed by atoms with Crippen molar-refractivity contribution in [1.29, 1.82) is 0 Å². The van der Waals surface area contributed by atoms with Gasteiger partial charge in [0.05, 0.1) is 25.4 Å². The van der Waals surface area contributed by atoms with Crippen LogP contribution in [0.2, 0.25) is 0 Å². The van der Waals surface area contributed by atoms with Crippen LogP contribution in [0.25, 0.3) is 0 Å². The minimum absolute atomic E-state index is 0.104. The summed E-state index contributed by atoms with van der Waals surface area (Å²) < 4.78 is 32.6. The van der Waals surface area contributed by atoms with E-state index >= 15 is 0 Å². The van der Waals surface area contributed by atoms with Gasteiger partial charge in [-0.3, -0.25) is 23.4 Å². The van der Waals surface area contributed by atoms with Crippen LogP contribution in [0.15, 0.2) is 0 Å². The Hall–Kier alpha value is -1.60. The molecule has 5 atom stereocenters. The fraction of sp³-hybridized carbons (Fsp3) is 0.925. The normalized spacial score (nSPS) is 14.9. The van der Waals surface area contributed by atoms with Crippen LogP contribution in [0, 0.1) is 0 Å². The van der Waals surface area contributed by atoms with Crippen molar-refractivity contribution in [1.82, 2.24) is 0 Å². The Kier molecular flexibility index (Phi) is 34.7. The first-order chi connectivity index (χ1) is 25.9. The summed E-state index contributed by atoms with van der Waals surface area (Å²) in [5.74, 6) is -2.46. The van der Waals surface area contributed by atoms with Gasteiger partial charge < -0.3 is 35.4 Å². The van der Waals surface area contributed by atoms with Crippen LogP contribution in [0.1, 0.15) is 194 Å². The van der Waals surface area contributed by atoms with Gasteiger partial charge >= 0.3 is 25.7 Å². The molecule has 0 radical (unpaired) electrons. The predicted molar refractivity (Wildman–Crippen MR) is 211 cm³/mol. The molecule has 14 heteroatoms. The van der Waals surface area contributed by atoms with E-state index in [4.69, 9.17) is 24.8 Å². The Labute approximate surface area is 326 Å². The molecule has 0 rings (SSSR count). The summed E-state index contributed by atoms with van der Waals surface area (Å²) in [4.78, 5) is 45.9. The average molecular weight is 796 g/mol. The largest absolute Gasteiger partial charge is 0.480 e. The molecule has 6 N–H and O–H groups in total. The number of carboxylic acids is 1. The Balaban J connectivity index is 4.43. The Morgan fingerprint density at radius 3 is 1.37 bits per heavy atom. The molecule has 0 aliphatic carbocycles. The molecule has 0 aliphatic heterocycles. The van der Waals surface area contributed by atoms with Gasteiger partial charge in [0.25, 0.3) is 0 Å². The first-order valence-corrected chi connectivity index (χ1v) is 22.7. The van der Waals surface area contributed by atoms with Gasteiger partial charge in [0.15, 0.2) is 6.10 Å².